The van der Waals surface area contributed by atoms with E-state index >= 15 is 0 Å². The minimum absolute atomic E-state index is 0.448. The monoisotopic (exact) mass is 429 g/mol. The normalized spacial score (nSPS) is 10.9. The van der Waals surface area contributed by atoms with Gasteiger partial charge in [0.15, 0.2) is 11.5 Å². The van der Waals surface area contributed by atoms with E-state index in [4.69, 9.17) is 9.47 Å². The molecule has 0 aliphatic heterocycles. The summed E-state index contributed by atoms with van der Waals surface area (Å²) in [5.41, 5.74) is 8.13. The minimum atomic E-state index is 0.448. The van der Waals surface area contributed by atoms with Gasteiger partial charge in [0.2, 0.25) is 5.13 Å². The van der Waals surface area contributed by atoms with E-state index in [2.05, 4.69) is 34.6 Å². The van der Waals surface area contributed by atoms with Crippen molar-refractivity contribution in [3.63, 3.8) is 0 Å². The molecule has 0 atom stereocenters. The predicted octanol–water partition coefficient (Wildman–Crippen LogP) is 6.15. The molecule has 0 saturated heterocycles. The van der Waals surface area contributed by atoms with Crippen LogP contribution in [0.4, 0.5) is 5.13 Å². The topological polar surface area (TPSA) is 55.7 Å². The van der Waals surface area contributed by atoms with Gasteiger partial charge in [-0.15, -0.1) is 11.3 Å². The fourth-order valence-corrected chi connectivity index (χ4v) is 3.80. The highest BCUT2D eigenvalue weighted by Crippen LogP contribution is 2.31. The largest absolute Gasteiger partial charge is 0.493 e. The molecule has 0 saturated carbocycles. The summed E-state index contributed by atoms with van der Waals surface area (Å²) in [7, 11) is 1.63. The summed E-state index contributed by atoms with van der Waals surface area (Å²) in [6.45, 7) is 2.52. The SMILES string of the molecule is COc1cccc(/C=N\Nc2nc(-c3ccccc3)cs2)c1OCc1cccc(C)c1. The number of nitrogens with one attached hydrogen (secondary N) is 1. The first kappa shape index (κ1) is 20.6. The van der Waals surface area contributed by atoms with Crippen molar-refractivity contribution in [1.29, 1.82) is 0 Å². The third-order valence-corrected chi connectivity index (χ3v) is 5.38. The molecule has 0 spiro atoms. The van der Waals surface area contributed by atoms with Crippen molar-refractivity contribution >= 4 is 22.7 Å². The summed E-state index contributed by atoms with van der Waals surface area (Å²) in [6.07, 6.45) is 1.72. The van der Waals surface area contributed by atoms with Crippen LogP contribution in [-0.4, -0.2) is 18.3 Å². The minimum Gasteiger partial charge on any atom is -0.493 e. The molecule has 31 heavy (non-hydrogen) atoms. The smallest absolute Gasteiger partial charge is 0.203 e. The Morgan fingerprint density at radius 3 is 2.68 bits per heavy atom. The van der Waals surface area contributed by atoms with Crippen LogP contribution in [0, 0.1) is 6.92 Å². The maximum Gasteiger partial charge on any atom is 0.203 e. The summed E-state index contributed by atoms with van der Waals surface area (Å²) in [4.78, 5) is 4.59. The van der Waals surface area contributed by atoms with Gasteiger partial charge in [-0.3, -0.25) is 5.43 Å². The summed E-state index contributed by atoms with van der Waals surface area (Å²) in [5.74, 6) is 1.32. The molecule has 0 unspecified atom stereocenters. The van der Waals surface area contributed by atoms with Crippen molar-refractivity contribution in [2.75, 3.05) is 12.5 Å². The Hall–Kier alpha value is -3.64. The molecule has 0 aliphatic carbocycles. The number of methoxy groups -OCH3 is 1. The Balaban J connectivity index is 1.48. The van der Waals surface area contributed by atoms with Crippen molar-refractivity contribution < 1.29 is 9.47 Å². The molecule has 0 amide bonds. The number of aryl methyl sites for hydroxylation is 1. The number of ether oxygens (including phenoxy) is 2. The second kappa shape index (κ2) is 9.91. The number of hydrazone groups is 1. The Bertz CT molecular complexity index is 1170. The summed E-state index contributed by atoms with van der Waals surface area (Å²) in [5, 5.41) is 7.09. The van der Waals surface area contributed by atoms with Gasteiger partial charge in [0, 0.05) is 16.5 Å². The van der Waals surface area contributed by atoms with Gasteiger partial charge in [-0.2, -0.15) is 5.10 Å². The number of para-hydroxylation sites is 1. The highest BCUT2D eigenvalue weighted by molar-refractivity contribution is 7.14. The number of hydrogen-bond acceptors (Lipinski definition) is 6. The van der Waals surface area contributed by atoms with E-state index in [1.807, 2.05) is 66.0 Å². The third kappa shape index (κ3) is 5.29. The molecular formula is C25H23N3O2S. The fourth-order valence-electron chi connectivity index (χ4n) is 3.13. The number of benzene rings is 3. The van der Waals surface area contributed by atoms with E-state index in [9.17, 15) is 0 Å². The first-order valence-corrected chi connectivity index (χ1v) is 10.8. The molecule has 1 aromatic heterocycles. The first-order valence-electron chi connectivity index (χ1n) is 9.88. The van der Waals surface area contributed by atoms with Crippen molar-refractivity contribution in [2.24, 2.45) is 5.10 Å². The standard InChI is InChI=1S/C25H23N3O2S/c1-18-8-6-9-19(14-18)16-30-24-21(12-7-13-23(24)29-2)15-26-28-25-27-22(17-31-25)20-10-4-3-5-11-20/h3-15,17H,16H2,1-2H3,(H,27,28)/b26-15-. The van der Waals surface area contributed by atoms with Crippen LogP contribution in [0.1, 0.15) is 16.7 Å². The van der Waals surface area contributed by atoms with Crippen LogP contribution >= 0.6 is 11.3 Å². The predicted molar refractivity (Wildman–Crippen MR) is 127 cm³/mol. The second-order valence-corrected chi connectivity index (χ2v) is 7.79. The molecule has 0 aliphatic rings. The van der Waals surface area contributed by atoms with Gasteiger partial charge in [0.05, 0.1) is 19.0 Å². The number of aromatic nitrogens is 1. The summed E-state index contributed by atoms with van der Waals surface area (Å²) < 4.78 is 11.6. The molecule has 4 rings (SSSR count). The van der Waals surface area contributed by atoms with Gasteiger partial charge in [0.25, 0.3) is 0 Å². The lowest BCUT2D eigenvalue weighted by Crippen LogP contribution is -2.01. The van der Waals surface area contributed by atoms with E-state index in [1.165, 1.54) is 16.9 Å². The van der Waals surface area contributed by atoms with Crippen LogP contribution in [0.3, 0.4) is 0 Å². The maximum absolute atomic E-state index is 6.11. The zero-order valence-electron chi connectivity index (χ0n) is 17.4. The van der Waals surface area contributed by atoms with Crippen LogP contribution in [0.25, 0.3) is 11.3 Å². The summed E-state index contributed by atoms with van der Waals surface area (Å²) in [6, 6.07) is 24.1. The van der Waals surface area contributed by atoms with Gasteiger partial charge < -0.3 is 9.47 Å². The highest BCUT2D eigenvalue weighted by atomic mass is 32.1. The summed E-state index contributed by atoms with van der Waals surface area (Å²) >= 11 is 1.51. The second-order valence-electron chi connectivity index (χ2n) is 6.93. The zero-order valence-corrected chi connectivity index (χ0v) is 18.2. The van der Waals surface area contributed by atoms with Crippen molar-refractivity contribution in [3.8, 4) is 22.8 Å². The number of thiazole rings is 1. The lowest BCUT2D eigenvalue weighted by molar-refractivity contribution is 0.284. The van der Waals surface area contributed by atoms with Crippen LogP contribution in [0.2, 0.25) is 0 Å². The Labute approximate surface area is 186 Å². The average molecular weight is 430 g/mol. The molecule has 4 aromatic rings. The maximum atomic E-state index is 6.11. The van der Waals surface area contributed by atoms with E-state index in [-0.39, 0.29) is 0 Å². The lowest BCUT2D eigenvalue weighted by Gasteiger charge is -2.13. The van der Waals surface area contributed by atoms with E-state index in [0.29, 0.717) is 18.1 Å². The Morgan fingerprint density at radius 1 is 1.03 bits per heavy atom. The van der Waals surface area contributed by atoms with E-state index in [0.717, 1.165) is 27.5 Å². The van der Waals surface area contributed by atoms with E-state index < -0.39 is 0 Å². The van der Waals surface area contributed by atoms with Crippen LogP contribution in [0.5, 0.6) is 11.5 Å². The van der Waals surface area contributed by atoms with Crippen LogP contribution in [-0.2, 0) is 6.61 Å². The van der Waals surface area contributed by atoms with Gasteiger partial charge in [0.1, 0.15) is 6.61 Å². The van der Waals surface area contributed by atoms with Crippen molar-refractivity contribution in [3.05, 3.63) is 94.9 Å². The van der Waals surface area contributed by atoms with Crippen LogP contribution < -0.4 is 14.9 Å². The molecule has 0 fully saturated rings. The average Bonchev–Trinajstić information content (AvgIpc) is 3.27. The van der Waals surface area contributed by atoms with Gasteiger partial charge in [-0.25, -0.2) is 4.98 Å². The number of rotatable bonds is 8. The molecule has 6 heteroatoms. The number of hydrogen-bond donors (Lipinski definition) is 1. The van der Waals surface area contributed by atoms with Gasteiger partial charge >= 0.3 is 0 Å². The number of anilines is 1. The molecule has 0 bridgehead atoms. The fraction of sp³-hybridized carbons (Fsp3) is 0.120. The first-order chi connectivity index (χ1) is 15.2. The Kier molecular flexibility index (Phi) is 6.59. The molecule has 0 radical (unpaired) electrons. The van der Waals surface area contributed by atoms with Crippen molar-refractivity contribution in [1.82, 2.24) is 4.98 Å². The van der Waals surface area contributed by atoms with E-state index in [1.54, 1.807) is 13.3 Å². The molecule has 1 N–H and O–H groups in total. The van der Waals surface area contributed by atoms with Gasteiger partial charge in [-0.05, 0) is 24.6 Å². The third-order valence-electron chi connectivity index (χ3n) is 4.63. The molecule has 156 valence electrons. The molecule has 3 aromatic carbocycles. The highest BCUT2D eigenvalue weighted by Gasteiger charge is 2.10. The Morgan fingerprint density at radius 2 is 1.87 bits per heavy atom. The number of nitrogens with zero attached hydrogens (tertiary/aromatic N) is 2. The van der Waals surface area contributed by atoms with Crippen molar-refractivity contribution in [2.45, 2.75) is 13.5 Å². The lowest BCUT2D eigenvalue weighted by atomic mass is 10.1. The molecular weight excluding hydrogens is 406 g/mol. The van der Waals surface area contributed by atoms with Crippen LogP contribution in [0.15, 0.2) is 83.3 Å². The molecule has 5 nitrogen and oxygen atoms in total. The van der Waals surface area contributed by atoms with Gasteiger partial charge in [-0.1, -0.05) is 66.2 Å². The zero-order chi connectivity index (χ0) is 21.5. The quantitative estimate of drug-likeness (QED) is 0.269. The molecule has 1 heterocycles.